The maximum atomic E-state index is 11.1. The lowest BCUT2D eigenvalue weighted by Crippen LogP contribution is -2.65. The summed E-state index contributed by atoms with van der Waals surface area (Å²) in [5, 5.41) is 21.8. The molecule has 2 heterocycles. The Bertz CT molecular complexity index is 544. The van der Waals surface area contributed by atoms with Crippen molar-refractivity contribution in [2.75, 3.05) is 32.1 Å². The molecule has 1 fully saturated rings. The normalized spacial score (nSPS) is 22.9. The lowest BCUT2D eigenvalue weighted by Gasteiger charge is -2.51. The monoisotopic (exact) mass is 308 g/mol. The molecular weight excluding hydrogens is 284 g/mol. The molecule has 1 aromatic heterocycles. The minimum Gasteiger partial charge on any atom is -0.386 e. The van der Waals surface area contributed by atoms with Crippen molar-refractivity contribution >= 4 is 11.5 Å². The zero-order valence-electron chi connectivity index (χ0n) is 13.6. The first kappa shape index (κ1) is 16.6. The minimum absolute atomic E-state index is 0.162. The molecule has 0 spiro atoms. The summed E-state index contributed by atoms with van der Waals surface area (Å²) in [6.07, 6.45) is 3.10. The Hall–Kier alpha value is -1.73. The summed E-state index contributed by atoms with van der Waals surface area (Å²) < 4.78 is 0. The quantitative estimate of drug-likeness (QED) is 0.673. The molecule has 0 amide bonds. The van der Waals surface area contributed by atoms with E-state index in [2.05, 4.69) is 4.98 Å². The van der Waals surface area contributed by atoms with Gasteiger partial charge in [-0.15, -0.1) is 0 Å². The van der Waals surface area contributed by atoms with Gasteiger partial charge in [-0.05, 0) is 56.8 Å². The van der Waals surface area contributed by atoms with Crippen molar-refractivity contribution in [3.05, 3.63) is 28.4 Å². The van der Waals surface area contributed by atoms with Crippen molar-refractivity contribution in [2.24, 2.45) is 0 Å². The Morgan fingerprint density at radius 1 is 1.45 bits per heavy atom. The van der Waals surface area contributed by atoms with Gasteiger partial charge in [0.2, 0.25) is 0 Å². The molecule has 1 saturated heterocycles. The highest BCUT2D eigenvalue weighted by atomic mass is 16.6. The molecule has 22 heavy (non-hydrogen) atoms. The molecule has 7 nitrogen and oxygen atoms in total. The Balaban J connectivity index is 2.21. The van der Waals surface area contributed by atoms with Crippen LogP contribution in [0.2, 0.25) is 0 Å². The molecule has 0 saturated carbocycles. The molecule has 7 heteroatoms. The highest BCUT2D eigenvalue weighted by Crippen LogP contribution is 2.36. The van der Waals surface area contributed by atoms with Crippen LogP contribution in [0.1, 0.15) is 26.7 Å². The van der Waals surface area contributed by atoms with E-state index in [0.29, 0.717) is 6.54 Å². The smallest absolute Gasteiger partial charge is 0.363 e. The molecule has 122 valence electrons. The van der Waals surface area contributed by atoms with E-state index in [1.54, 1.807) is 6.07 Å². The summed E-state index contributed by atoms with van der Waals surface area (Å²) in [7, 11) is 3.93. The third-order valence-corrected chi connectivity index (χ3v) is 5.01. The summed E-state index contributed by atoms with van der Waals surface area (Å²) in [6.45, 7) is 5.36. The molecular formula is C15H24N4O3. The number of likely N-dealkylation sites (N-methyl/N-ethyl adjacent to an activating group) is 1. The van der Waals surface area contributed by atoms with Crippen LogP contribution in [-0.4, -0.2) is 58.2 Å². The maximum absolute atomic E-state index is 11.1. The summed E-state index contributed by atoms with van der Waals surface area (Å²) in [5.74, 6) is -0.162. The second kappa shape index (κ2) is 5.81. The predicted octanol–water partition coefficient (Wildman–Crippen LogP) is 1.66. The standard InChI is InChI=1S/C15H24N4O3/c1-14(2,17(3)4)15(20)8-5-9-18(11-15)12-6-7-13(16-10-12)19(21)22/h6-7,10,20H,5,8-9,11H2,1-4H3. The van der Waals surface area contributed by atoms with Gasteiger partial charge in [0.25, 0.3) is 0 Å². The van der Waals surface area contributed by atoms with E-state index in [1.807, 2.05) is 37.7 Å². The number of β-amino-alcohol motifs (C(OH)–C–C–N with tert-alkyl or cyclic N) is 1. The average molecular weight is 308 g/mol. The van der Waals surface area contributed by atoms with Crippen molar-refractivity contribution < 1.29 is 10.0 Å². The Labute approximate surface area is 130 Å². The van der Waals surface area contributed by atoms with E-state index in [9.17, 15) is 15.2 Å². The number of pyridine rings is 1. The molecule has 1 N–H and O–H groups in total. The number of aliphatic hydroxyl groups is 1. The molecule has 0 aromatic carbocycles. The van der Waals surface area contributed by atoms with E-state index in [0.717, 1.165) is 25.1 Å². The van der Waals surface area contributed by atoms with Gasteiger partial charge in [0.05, 0.1) is 11.3 Å². The molecule has 0 bridgehead atoms. The first-order valence-corrected chi connectivity index (χ1v) is 7.42. The maximum Gasteiger partial charge on any atom is 0.363 e. The summed E-state index contributed by atoms with van der Waals surface area (Å²) in [4.78, 5) is 18.1. The fourth-order valence-corrected chi connectivity index (χ4v) is 2.85. The van der Waals surface area contributed by atoms with E-state index in [-0.39, 0.29) is 11.4 Å². The van der Waals surface area contributed by atoms with Gasteiger partial charge in [0, 0.05) is 24.7 Å². The molecule has 2 rings (SSSR count). The van der Waals surface area contributed by atoms with Crippen molar-refractivity contribution in [1.29, 1.82) is 0 Å². The summed E-state index contributed by atoms with van der Waals surface area (Å²) in [6, 6.07) is 3.10. The summed E-state index contributed by atoms with van der Waals surface area (Å²) in [5.41, 5.74) is -0.422. The number of piperidine rings is 1. The number of hydrogen-bond acceptors (Lipinski definition) is 6. The molecule has 1 aromatic rings. The fourth-order valence-electron chi connectivity index (χ4n) is 2.85. The van der Waals surface area contributed by atoms with Crippen LogP contribution in [0.25, 0.3) is 0 Å². The SMILES string of the molecule is CN(C)C(C)(C)C1(O)CCCN(c2ccc([N+](=O)[O-])nc2)C1. The van der Waals surface area contributed by atoms with Crippen LogP contribution >= 0.6 is 0 Å². The van der Waals surface area contributed by atoms with Crippen LogP contribution in [0.15, 0.2) is 18.3 Å². The third-order valence-electron chi connectivity index (χ3n) is 5.01. The Morgan fingerprint density at radius 2 is 2.14 bits per heavy atom. The second-order valence-corrected chi connectivity index (χ2v) is 6.64. The van der Waals surface area contributed by atoms with Crippen LogP contribution in [0.3, 0.4) is 0 Å². The van der Waals surface area contributed by atoms with Crippen LogP contribution in [0.5, 0.6) is 0 Å². The van der Waals surface area contributed by atoms with Crippen molar-refractivity contribution in [3.8, 4) is 0 Å². The van der Waals surface area contributed by atoms with Gasteiger partial charge in [-0.3, -0.25) is 0 Å². The van der Waals surface area contributed by atoms with Crippen molar-refractivity contribution in [3.63, 3.8) is 0 Å². The average Bonchev–Trinajstić information content (AvgIpc) is 2.47. The largest absolute Gasteiger partial charge is 0.386 e. The van der Waals surface area contributed by atoms with E-state index < -0.39 is 10.5 Å². The van der Waals surface area contributed by atoms with Crippen LogP contribution in [-0.2, 0) is 0 Å². The second-order valence-electron chi connectivity index (χ2n) is 6.64. The topological polar surface area (TPSA) is 82.7 Å². The lowest BCUT2D eigenvalue weighted by atomic mass is 9.76. The van der Waals surface area contributed by atoms with Crippen LogP contribution in [0, 0.1) is 10.1 Å². The van der Waals surface area contributed by atoms with Gasteiger partial charge in [-0.1, -0.05) is 0 Å². The molecule has 0 radical (unpaired) electrons. The molecule has 1 aliphatic heterocycles. The van der Waals surface area contributed by atoms with E-state index >= 15 is 0 Å². The van der Waals surface area contributed by atoms with Gasteiger partial charge >= 0.3 is 5.82 Å². The van der Waals surface area contributed by atoms with Gasteiger partial charge in [0.1, 0.15) is 0 Å². The van der Waals surface area contributed by atoms with Crippen LogP contribution < -0.4 is 4.90 Å². The van der Waals surface area contributed by atoms with E-state index in [1.165, 1.54) is 12.3 Å². The van der Waals surface area contributed by atoms with Crippen molar-refractivity contribution in [2.45, 2.75) is 37.8 Å². The van der Waals surface area contributed by atoms with E-state index in [4.69, 9.17) is 0 Å². The Kier molecular flexibility index (Phi) is 4.39. The predicted molar refractivity (Wildman–Crippen MR) is 85.1 cm³/mol. The van der Waals surface area contributed by atoms with Crippen LogP contribution in [0.4, 0.5) is 11.5 Å². The molecule has 0 aliphatic carbocycles. The number of aromatic nitrogens is 1. The van der Waals surface area contributed by atoms with Gasteiger partial charge in [-0.2, -0.15) is 0 Å². The first-order valence-electron chi connectivity index (χ1n) is 7.42. The highest BCUT2D eigenvalue weighted by Gasteiger charge is 2.47. The highest BCUT2D eigenvalue weighted by molar-refractivity contribution is 5.47. The number of nitrogens with zero attached hydrogens (tertiary/aromatic N) is 4. The van der Waals surface area contributed by atoms with Gasteiger partial charge in [0.15, 0.2) is 6.20 Å². The lowest BCUT2D eigenvalue weighted by molar-refractivity contribution is -0.389. The van der Waals surface area contributed by atoms with Gasteiger partial charge < -0.3 is 25.0 Å². The number of rotatable bonds is 4. The number of hydrogen-bond donors (Lipinski definition) is 1. The molecule has 1 aliphatic rings. The fraction of sp³-hybridized carbons (Fsp3) is 0.667. The van der Waals surface area contributed by atoms with Crippen molar-refractivity contribution in [1.82, 2.24) is 9.88 Å². The first-order chi connectivity index (χ1) is 10.2. The molecule has 1 unspecified atom stereocenters. The number of anilines is 1. The minimum atomic E-state index is -0.851. The van der Waals surface area contributed by atoms with Gasteiger partial charge in [-0.25, -0.2) is 0 Å². The zero-order chi connectivity index (χ0) is 16.5. The number of nitro groups is 1. The summed E-state index contributed by atoms with van der Waals surface area (Å²) >= 11 is 0. The third kappa shape index (κ3) is 2.91. The Morgan fingerprint density at radius 3 is 2.64 bits per heavy atom. The molecule has 1 atom stereocenters. The zero-order valence-corrected chi connectivity index (χ0v) is 13.6.